The molecule has 1 unspecified atom stereocenters. The highest BCUT2D eigenvalue weighted by molar-refractivity contribution is 9.10. The number of rotatable bonds is 9. The van der Waals surface area contributed by atoms with Gasteiger partial charge in [0.2, 0.25) is 0 Å². The largest absolute Gasteiger partial charge is 0.350 e. The Balaban J connectivity index is 2.16. The summed E-state index contributed by atoms with van der Waals surface area (Å²) in [7, 11) is 0. The standard InChI is InChI=1S/C17H26BrN3O2/c1-3-4-5-7-13(2)21-17(23)20-11-10-19-16(22)14-8-6-9-15(18)12-14/h6,8-9,12-13H,3-5,7,10-11H2,1-2H3,(H,19,22)(H2,20,21,23). The first-order chi connectivity index (χ1) is 11.0. The number of carbonyl (C=O) groups excluding carboxylic acids is 2. The van der Waals surface area contributed by atoms with Crippen molar-refractivity contribution in [2.75, 3.05) is 13.1 Å². The number of carbonyl (C=O) groups is 2. The fourth-order valence-electron chi connectivity index (χ4n) is 2.13. The molecule has 3 N–H and O–H groups in total. The molecule has 0 radical (unpaired) electrons. The number of hydrogen-bond acceptors (Lipinski definition) is 2. The lowest BCUT2D eigenvalue weighted by molar-refractivity contribution is 0.0953. The van der Waals surface area contributed by atoms with E-state index in [2.05, 4.69) is 38.8 Å². The monoisotopic (exact) mass is 383 g/mol. The van der Waals surface area contributed by atoms with Crippen LogP contribution in [0.1, 0.15) is 49.9 Å². The minimum atomic E-state index is -0.189. The van der Waals surface area contributed by atoms with Crippen molar-refractivity contribution >= 4 is 27.9 Å². The third kappa shape index (κ3) is 8.59. The van der Waals surface area contributed by atoms with E-state index in [0.29, 0.717) is 18.7 Å². The van der Waals surface area contributed by atoms with Gasteiger partial charge >= 0.3 is 6.03 Å². The molecule has 128 valence electrons. The van der Waals surface area contributed by atoms with Crippen LogP contribution in [0.5, 0.6) is 0 Å². The van der Waals surface area contributed by atoms with Crippen molar-refractivity contribution in [3.8, 4) is 0 Å². The van der Waals surface area contributed by atoms with E-state index in [0.717, 1.165) is 17.3 Å². The van der Waals surface area contributed by atoms with E-state index < -0.39 is 0 Å². The molecule has 0 spiro atoms. The topological polar surface area (TPSA) is 70.2 Å². The first kappa shape index (κ1) is 19.5. The maximum absolute atomic E-state index is 11.9. The molecule has 0 saturated heterocycles. The van der Waals surface area contributed by atoms with Crippen molar-refractivity contribution in [2.45, 2.75) is 45.6 Å². The van der Waals surface area contributed by atoms with Crippen LogP contribution in [0, 0.1) is 0 Å². The van der Waals surface area contributed by atoms with E-state index >= 15 is 0 Å². The molecule has 1 atom stereocenters. The molecular weight excluding hydrogens is 358 g/mol. The molecule has 0 aliphatic rings. The van der Waals surface area contributed by atoms with Gasteiger partial charge in [0.25, 0.3) is 5.91 Å². The van der Waals surface area contributed by atoms with Crippen molar-refractivity contribution in [2.24, 2.45) is 0 Å². The summed E-state index contributed by atoms with van der Waals surface area (Å²) in [5.74, 6) is -0.151. The highest BCUT2D eigenvalue weighted by Crippen LogP contribution is 2.11. The van der Waals surface area contributed by atoms with Gasteiger partial charge in [-0.15, -0.1) is 0 Å². The highest BCUT2D eigenvalue weighted by atomic mass is 79.9. The lowest BCUT2D eigenvalue weighted by atomic mass is 10.1. The number of amides is 3. The molecule has 0 bridgehead atoms. The Labute approximate surface area is 146 Å². The van der Waals surface area contributed by atoms with Gasteiger partial charge in [-0.05, 0) is 31.5 Å². The van der Waals surface area contributed by atoms with Crippen LogP contribution in [0.3, 0.4) is 0 Å². The third-order valence-corrected chi connectivity index (χ3v) is 3.89. The first-order valence-electron chi connectivity index (χ1n) is 8.11. The van der Waals surface area contributed by atoms with Crippen LogP contribution in [0.4, 0.5) is 4.79 Å². The Kier molecular flexibility index (Phi) is 9.36. The zero-order valence-corrected chi connectivity index (χ0v) is 15.4. The van der Waals surface area contributed by atoms with Gasteiger partial charge in [-0.3, -0.25) is 4.79 Å². The van der Waals surface area contributed by atoms with Crippen molar-refractivity contribution in [1.82, 2.24) is 16.0 Å². The predicted molar refractivity (Wildman–Crippen MR) is 96.6 cm³/mol. The van der Waals surface area contributed by atoms with E-state index in [9.17, 15) is 9.59 Å². The van der Waals surface area contributed by atoms with Crippen LogP contribution in [0.2, 0.25) is 0 Å². The zero-order valence-electron chi connectivity index (χ0n) is 13.8. The first-order valence-corrected chi connectivity index (χ1v) is 8.90. The van der Waals surface area contributed by atoms with Crippen molar-refractivity contribution < 1.29 is 9.59 Å². The maximum Gasteiger partial charge on any atom is 0.315 e. The highest BCUT2D eigenvalue weighted by Gasteiger charge is 2.07. The smallest absolute Gasteiger partial charge is 0.315 e. The van der Waals surface area contributed by atoms with Crippen molar-refractivity contribution in [3.05, 3.63) is 34.3 Å². The van der Waals surface area contributed by atoms with E-state index in [4.69, 9.17) is 0 Å². The summed E-state index contributed by atoms with van der Waals surface area (Å²) in [4.78, 5) is 23.6. The molecule has 0 aliphatic heterocycles. The number of halogens is 1. The lowest BCUT2D eigenvalue weighted by Crippen LogP contribution is -2.43. The Morgan fingerprint density at radius 1 is 1.17 bits per heavy atom. The van der Waals surface area contributed by atoms with Crippen LogP contribution in [0.25, 0.3) is 0 Å². The molecule has 0 aliphatic carbocycles. The number of nitrogens with one attached hydrogen (secondary N) is 3. The number of hydrogen-bond donors (Lipinski definition) is 3. The number of urea groups is 1. The van der Waals surface area contributed by atoms with Gasteiger partial charge in [0.05, 0.1) is 0 Å². The molecule has 6 heteroatoms. The number of benzene rings is 1. The van der Waals surface area contributed by atoms with Crippen molar-refractivity contribution in [3.63, 3.8) is 0 Å². The normalized spacial score (nSPS) is 11.6. The van der Waals surface area contributed by atoms with Crippen LogP contribution >= 0.6 is 15.9 Å². The molecule has 0 heterocycles. The Bertz CT molecular complexity index is 508. The average molecular weight is 384 g/mol. The second-order valence-corrected chi connectivity index (χ2v) is 6.48. The van der Waals surface area contributed by atoms with E-state index in [-0.39, 0.29) is 18.0 Å². The Hall–Kier alpha value is -1.56. The van der Waals surface area contributed by atoms with Gasteiger partial charge < -0.3 is 16.0 Å². The van der Waals surface area contributed by atoms with Crippen LogP contribution < -0.4 is 16.0 Å². The third-order valence-electron chi connectivity index (χ3n) is 3.40. The summed E-state index contributed by atoms with van der Waals surface area (Å²) < 4.78 is 0.861. The molecular formula is C17H26BrN3O2. The van der Waals surface area contributed by atoms with Gasteiger partial charge in [0, 0.05) is 29.2 Å². The van der Waals surface area contributed by atoms with Crippen LogP contribution in [-0.2, 0) is 0 Å². The zero-order chi connectivity index (χ0) is 17.1. The van der Waals surface area contributed by atoms with E-state index in [1.807, 2.05) is 19.1 Å². The van der Waals surface area contributed by atoms with Crippen LogP contribution in [0.15, 0.2) is 28.7 Å². The summed E-state index contributed by atoms with van der Waals surface area (Å²) >= 11 is 3.33. The maximum atomic E-state index is 11.9. The summed E-state index contributed by atoms with van der Waals surface area (Å²) in [6.45, 7) is 4.95. The molecule has 0 fully saturated rings. The molecule has 0 aromatic heterocycles. The molecule has 1 aromatic rings. The summed E-state index contributed by atoms with van der Waals surface area (Å²) in [6.07, 6.45) is 4.48. The van der Waals surface area contributed by atoms with E-state index in [1.165, 1.54) is 12.8 Å². The molecule has 1 aromatic carbocycles. The fourth-order valence-corrected chi connectivity index (χ4v) is 2.53. The predicted octanol–water partition coefficient (Wildman–Crippen LogP) is 3.45. The molecule has 3 amide bonds. The van der Waals surface area contributed by atoms with Gasteiger partial charge in [-0.25, -0.2) is 4.79 Å². The summed E-state index contributed by atoms with van der Waals surface area (Å²) in [6, 6.07) is 7.16. The van der Waals surface area contributed by atoms with Gasteiger partial charge in [0.15, 0.2) is 0 Å². The second-order valence-electron chi connectivity index (χ2n) is 5.56. The van der Waals surface area contributed by atoms with Gasteiger partial charge in [0.1, 0.15) is 0 Å². The molecule has 5 nitrogen and oxygen atoms in total. The van der Waals surface area contributed by atoms with Crippen LogP contribution in [-0.4, -0.2) is 31.1 Å². The van der Waals surface area contributed by atoms with E-state index in [1.54, 1.807) is 12.1 Å². The van der Waals surface area contributed by atoms with Gasteiger partial charge in [-0.1, -0.05) is 48.2 Å². The van der Waals surface area contributed by atoms with Crippen molar-refractivity contribution in [1.29, 1.82) is 0 Å². The Morgan fingerprint density at radius 3 is 2.61 bits per heavy atom. The molecule has 23 heavy (non-hydrogen) atoms. The molecule has 1 rings (SSSR count). The fraction of sp³-hybridized carbons (Fsp3) is 0.529. The average Bonchev–Trinajstić information content (AvgIpc) is 2.51. The Morgan fingerprint density at radius 2 is 1.91 bits per heavy atom. The summed E-state index contributed by atoms with van der Waals surface area (Å²) in [5.41, 5.74) is 0.591. The van der Waals surface area contributed by atoms with Gasteiger partial charge in [-0.2, -0.15) is 0 Å². The summed E-state index contributed by atoms with van der Waals surface area (Å²) in [5, 5.41) is 8.42. The second kappa shape index (κ2) is 11.0. The quantitative estimate of drug-likeness (QED) is 0.571. The lowest BCUT2D eigenvalue weighted by Gasteiger charge is -2.14. The minimum absolute atomic E-state index is 0.151. The molecule has 0 saturated carbocycles. The SMILES string of the molecule is CCCCCC(C)NC(=O)NCCNC(=O)c1cccc(Br)c1. The number of unbranched alkanes of at least 4 members (excludes halogenated alkanes) is 2. The minimum Gasteiger partial charge on any atom is -0.350 e.